The fourth-order valence-electron chi connectivity index (χ4n) is 3.52. The second kappa shape index (κ2) is 7.54. The van der Waals surface area contributed by atoms with Gasteiger partial charge in [-0.25, -0.2) is 18.7 Å². The van der Waals surface area contributed by atoms with Crippen molar-refractivity contribution in [2.75, 3.05) is 12.0 Å². The number of nitrogens with zero attached hydrogens (tertiary/aromatic N) is 3. The van der Waals surface area contributed by atoms with E-state index in [1.54, 1.807) is 0 Å². The van der Waals surface area contributed by atoms with Gasteiger partial charge < -0.3 is 9.88 Å². The summed E-state index contributed by atoms with van der Waals surface area (Å²) in [7, 11) is 0. The first-order valence-electron chi connectivity index (χ1n) is 9.33. The number of rotatable bonds is 5. The molecule has 0 bridgehead atoms. The predicted molar refractivity (Wildman–Crippen MR) is 108 cm³/mol. The van der Waals surface area contributed by atoms with Crippen molar-refractivity contribution in [3.8, 4) is 0 Å². The van der Waals surface area contributed by atoms with E-state index in [4.69, 9.17) is 0 Å². The minimum atomic E-state index is -4.83. The van der Waals surface area contributed by atoms with Gasteiger partial charge in [-0.1, -0.05) is 12.1 Å². The van der Waals surface area contributed by atoms with E-state index in [9.17, 15) is 26.7 Å². The van der Waals surface area contributed by atoms with Crippen LogP contribution in [0.3, 0.4) is 0 Å². The lowest BCUT2D eigenvalue weighted by atomic mass is 10.0. The van der Waals surface area contributed by atoms with Gasteiger partial charge in [0.1, 0.15) is 29.1 Å². The average Bonchev–Trinajstić information content (AvgIpc) is 3.51. The summed E-state index contributed by atoms with van der Waals surface area (Å²) in [5, 5.41) is 3.25. The summed E-state index contributed by atoms with van der Waals surface area (Å²) in [6.45, 7) is 0.772. The molecule has 2 heterocycles. The normalized spacial score (nSPS) is 16.4. The number of fused-ring (bicyclic) bond motifs is 1. The Bertz CT molecular complexity index is 1220. The highest BCUT2D eigenvalue weighted by Gasteiger charge is 2.46. The number of alkyl halides is 4. The van der Waals surface area contributed by atoms with Gasteiger partial charge in [0.05, 0.1) is 28.0 Å². The zero-order valence-corrected chi connectivity index (χ0v) is 17.7. The summed E-state index contributed by atoms with van der Waals surface area (Å²) in [6, 6.07) is 2.16. The zero-order chi connectivity index (χ0) is 22.6. The van der Waals surface area contributed by atoms with Crippen LogP contribution in [-0.2, 0) is 11.7 Å². The topological polar surface area (TPSA) is 59.8 Å². The molecule has 0 aliphatic heterocycles. The molecule has 0 radical (unpaired) electrons. The molecule has 164 valence electrons. The molecule has 1 aliphatic carbocycles. The second-order valence-electron chi connectivity index (χ2n) is 7.53. The summed E-state index contributed by atoms with van der Waals surface area (Å²) in [5.41, 5.74) is -2.66. The van der Waals surface area contributed by atoms with Crippen molar-refractivity contribution in [2.24, 2.45) is 0 Å². The third kappa shape index (κ3) is 3.68. The molecule has 2 aromatic heterocycles. The lowest BCUT2D eigenvalue weighted by Gasteiger charge is -2.20. The third-order valence-electron chi connectivity index (χ3n) is 5.50. The third-order valence-corrected chi connectivity index (χ3v) is 6.21. The molecule has 1 atom stereocenters. The smallest absolute Gasteiger partial charge is 0.363 e. The van der Waals surface area contributed by atoms with E-state index in [0.29, 0.717) is 24.3 Å². The van der Waals surface area contributed by atoms with Gasteiger partial charge in [0, 0.05) is 11.8 Å². The molecule has 31 heavy (non-hydrogen) atoms. The van der Waals surface area contributed by atoms with Gasteiger partial charge in [-0.2, -0.15) is 13.2 Å². The van der Waals surface area contributed by atoms with E-state index < -0.39 is 41.4 Å². The minimum absolute atomic E-state index is 0.119. The van der Waals surface area contributed by atoms with Gasteiger partial charge in [0.25, 0.3) is 5.56 Å². The Morgan fingerprint density at radius 1 is 1.29 bits per heavy atom. The Morgan fingerprint density at radius 3 is 2.61 bits per heavy atom. The largest absolute Gasteiger partial charge is 0.419 e. The summed E-state index contributed by atoms with van der Waals surface area (Å²) in [5.74, 6) is -1.20. The van der Waals surface area contributed by atoms with Crippen molar-refractivity contribution in [3.05, 3.63) is 62.5 Å². The van der Waals surface area contributed by atoms with Crippen molar-refractivity contribution in [3.63, 3.8) is 0 Å². The number of hydrogen-bond acceptors (Lipinski definition) is 4. The molecule has 11 heteroatoms. The predicted octanol–water partition coefficient (Wildman–Crippen LogP) is 5.34. The minimum Gasteiger partial charge on any atom is -0.363 e. The first-order valence-corrected chi connectivity index (χ1v) is 10.1. The molecule has 1 aliphatic rings. The molecule has 3 aromatic rings. The highest BCUT2D eigenvalue weighted by molar-refractivity contribution is 9.10. The van der Waals surface area contributed by atoms with Gasteiger partial charge in [-0.05, 0) is 41.8 Å². The van der Waals surface area contributed by atoms with Crippen LogP contribution in [0.2, 0.25) is 0 Å². The van der Waals surface area contributed by atoms with Crippen LogP contribution in [0.15, 0.2) is 40.0 Å². The summed E-state index contributed by atoms with van der Waals surface area (Å²) in [6.07, 6.45) is -1.20. The SMILES string of the molecule is C[C@@H](Nc1ncnc2c(Br)c(=O)n(C3(CF)CC3)cc12)c1cccc(C(F)(F)F)c1F. The van der Waals surface area contributed by atoms with E-state index in [-0.39, 0.29) is 21.4 Å². The molecule has 5 nitrogen and oxygen atoms in total. The van der Waals surface area contributed by atoms with Crippen LogP contribution >= 0.6 is 15.9 Å². The number of pyridine rings is 1. The molecule has 1 aromatic carbocycles. The number of hydrogen-bond donors (Lipinski definition) is 1. The van der Waals surface area contributed by atoms with Gasteiger partial charge >= 0.3 is 6.18 Å². The summed E-state index contributed by atoms with van der Waals surface area (Å²) in [4.78, 5) is 20.9. The van der Waals surface area contributed by atoms with Crippen LogP contribution < -0.4 is 10.9 Å². The molecule has 1 saturated carbocycles. The fourth-order valence-corrected chi connectivity index (χ4v) is 4.03. The first kappa shape index (κ1) is 21.7. The van der Waals surface area contributed by atoms with E-state index in [0.717, 1.165) is 6.07 Å². The Balaban J connectivity index is 1.79. The maximum atomic E-state index is 14.5. The molecule has 1 N–H and O–H groups in total. The maximum absolute atomic E-state index is 14.5. The molecule has 0 unspecified atom stereocenters. The monoisotopic (exact) mass is 502 g/mol. The van der Waals surface area contributed by atoms with Crippen molar-refractivity contribution in [2.45, 2.75) is 37.5 Å². The van der Waals surface area contributed by atoms with Gasteiger partial charge in [-0.3, -0.25) is 4.79 Å². The lowest BCUT2D eigenvalue weighted by molar-refractivity contribution is -0.140. The maximum Gasteiger partial charge on any atom is 0.419 e. The van der Waals surface area contributed by atoms with Crippen LogP contribution in [0, 0.1) is 5.82 Å². The summed E-state index contributed by atoms with van der Waals surface area (Å²) < 4.78 is 68.7. The van der Waals surface area contributed by atoms with Crippen molar-refractivity contribution >= 4 is 32.7 Å². The Kier molecular flexibility index (Phi) is 5.27. The van der Waals surface area contributed by atoms with Crippen molar-refractivity contribution in [1.29, 1.82) is 0 Å². The number of aromatic nitrogens is 3. The highest BCUT2D eigenvalue weighted by atomic mass is 79.9. The van der Waals surface area contributed by atoms with E-state index in [1.165, 1.54) is 30.1 Å². The van der Waals surface area contributed by atoms with E-state index in [2.05, 4.69) is 31.2 Å². The van der Waals surface area contributed by atoms with Crippen LogP contribution in [0.1, 0.15) is 36.9 Å². The van der Waals surface area contributed by atoms with Crippen LogP contribution in [0.4, 0.5) is 27.8 Å². The quantitative estimate of drug-likeness (QED) is 0.478. The van der Waals surface area contributed by atoms with Crippen LogP contribution in [0.25, 0.3) is 10.9 Å². The van der Waals surface area contributed by atoms with E-state index >= 15 is 0 Å². The van der Waals surface area contributed by atoms with Crippen molar-refractivity contribution < 1.29 is 22.0 Å². The molecule has 0 amide bonds. The van der Waals surface area contributed by atoms with Gasteiger partial charge in [-0.15, -0.1) is 0 Å². The number of nitrogens with one attached hydrogen (secondary N) is 1. The molecule has 0 spiro atoms. The zero-order valence-electron chi connectivity index (χ0n) is 16.1. The Hall–Kier alpha value is -2.56. The van der Waals surface area contributed by atoms with Gasteiger partial charge in [0.2, 0.25) is 0 Å². The summed E-state index contributed by atoms with van der Waals surface area (Å²) >= 11 is 3.21. The number of benzene rings is 1. The van der Waals surface area contributed by atoms with Crippen LogP contribution in [0.5, 0.6) is 0 Å². The number of anilines is 1. The number of halogens is 6. The average molecular weight is 503 g/mol. The molecular weight excluding hydrogens is 487 g/mol. The molecular formula is C20H16BrF5N4O. The Labute approximate surface area is 181 Å². The van der Waals surface area contributed by atoms with Crippen LogP contribution in [-0.4, -0.2) is 21.2 Å². The molecule has 1 fully saturated rings. The molecule has 4 rings (SSSR count). The highest BCUT2D eigenvalue weighted by Crippen LogP contribution is 2.44. The van der Waals surface area contributed by atoms with E-state index in [1.807, 2.05) is 0 Å². The first-order chi connectivity index (χ1) is 14.6. The fraction of sp³-hybridized carbons (Fsp3) is 0.350. The molecule has 0 saturated heterocycles. The van der Waals surface area contributed by atoms with Crippen molar-refractivity contribution in [1.82, 2.24) is 14.5 Å². The second-order valence-corrected chi connectivity index (χ2v) is 8.33. The van der Waals surface area contributed by atoms with Gasteiger partial charge in [0.15, 0.2) is 0 Å². The lowest BCUT2D eigenvalue weighted by Crippen LogP contribution is -2.32. The Morgan fingerprint density at radius 2 is 2.00 bits per heavy atom. The standard InChI is InChI=1S/C20H16BrF5N4O/c1-10(11-3-2-4-13(15(11)23)20(24,25)26)29-17-12-7-30(19(8-22)5-6-19)18(31)14(21)16(12)27-9-28-17/h2-4,7,9-10H,5-6,8H2,1H3,(H,27,28,29)/t10-/m1/s1.